The molecule has 36 heavy (non-hydrogen) atoms. The van der Waals surface area contributed by atoms with Crippen LogP contribution in [0.4, 0.5) is 10.5 Å². The fourth-order valence-electron chi connectivity index (χ4n) is 4.40. The van der Waals surface area contributed by atoms with Gasteiger partial charge in [0, 0.05) is 24.6 Å². The SMILES string of the molecule is CC1(c2ccc([N+](=O)[O-])cc2)NC(=O)N(CC(=O)NCCC(c2ccccc2)c2ccccc2)C1=O. The molecule has 0 aromatic heterocycles. The average Bonchev–Trinajstić information content (AvgIpc) is 3.11. The van der Waals surface area contributed by atoms with E-state index in [0.717, 1.165) is 16.0 Å². The maximum Gasteiger partial charge on any atom is 0.325 e. The maximum atomic E-state index is 13.1. The molecule has 1 unspecified atom stereocenters. The number of benzene rings is 3. The Morgan fingerprint density at radius 3 is 2.06 bits per heavy atom. The summed E-state index contributed by atoms with van der Waals surface area (Å²) in [5, 5.41) is 16.3. The molecule has 1 saturated heterocycles. The molecule has 1 heterocycles. The number of rotatable bonds is 9. The van der Waals surface area contributed by atoms with Gasteiger partial charge in [-0.1, -0.05) is 60.7 Å². The summed E-state index contributed by atoms with van der Waals surface area (Å²) < 4.78 is 0. The molecule has 184 valence electrons. The van der Waals surface area contributed by atoms with E-state index in [1.165, 1.54) is 31.2 Å². The van der Waals surface area contributed by atoms with Gasteiger partial charge in [-0.3, -0.25) is 24.6 Å². The minimum absolute atomic E-state index is 0.0786. The van der Waals surface area contributed by atoms with Gasteiger partial charge in [0.25, 0.3) is 11.6 Å². The second kappa shape index (κ2) is 10.4. The van der Waals surface area contributed by atoms with E-state index in [4.69, 9.17) is 0 Å². The Balaban J connectivity index is 1.38. The number of amides is 4. The van der Waals surface area contributed by atoms with Crippen molar-refractivity contribution >= 4 is 23.5 Å². The van der Waals surface area contributed by atoms with Crippen molar-refractivity contribution in [2.45, 2.75) is 24.8 Å². The first kappa shape index (κ1) is 24.6. The van der Waals surface area contributed by atoms with E-state index in [-0.39, 0.29) is 11.6 Å². The Labute approximate surface area is 208 Å². The van der Waals surface area contributed by atoms with Crippen molar-refractivity contribution in [1.29, 1.82) is 0 Å². The minimum atomic E-state index is -1.42. The molecule has 4 rings (SSSR count). The van der Waals surface area contributed by atoms with Gasteiger partial charge in [-0.05, 0) is 42.2 Å². The quantitative estimate of drug-likeness (QED) is 0.271. The van der Waals surface area contributed by atoms with E-state index in [1.807, 2.05) is 60.7 Å². The summed E-state index contributed by atoms with van der Waals surface area (Å²) in [5.74, 6) is -0.968. The lowest BCUT2D eigenvalue weighted by atomic mass is 9.88. The molecule has 1 atom stereocenters. The molecule has 3 aromatic rings. The van der Waals surface area contributed by atoms with Crippen LogP contribution in [0, 0.1) is 10.1 Å². The average molecular weight is 487 g/mol. The lowest BCUT2D eigenvalue weighted by Gasteiger charge is -2.22. The van der Waals surface area contributed by atoms with Crippen molar-refractivity contribution in [3.05, 3.63) is 112 Å². The third-order valence-corrected chi connectivity index (χ3v) is 6.39. The normalized spacial score (nSPS) is 17.2. The van der Waals surface area contributed by atoms with Gasteiger partial charge in [0.15, 0.2) is 0 Å². The van der Waals surface area contributed by atoms with Gasteiger partial charge in [0.2, 0.25) is 5.91 Å². The third kappa shape index (κ3) is 5.10. The summed E-state index contributed by atoms with van der Waals surface area (Å²) in [4.78, 5) is 49.5. The molecule has 1 aliphatic rings. The zero-order valence-electron chi connectivity index (χ0n) is 19.7. The molecule has 9 heteroatoms. The summed E-state index contributed by atoms with van der Waals surface area (Å²) in [6.07, 6.45) is 0.639. The predicted octanol–water partition coefficient (Wildman–Crippen LogP) is 3.70. The van der Waals surface area contributed by atoms with Gasteiger partial charge in [0.05, 0.1) is 4.92 Å². The second-order valence-corrected chi connectivity index (χ2v) is 8.76. The van der Waals surface area contributed by atoms with Crippen LogP contribution in [-0.2, 0) is 15.1 Å². The van der Waals surface area contributed by atoms with E-state index in [0.29, 0.717) is 18.5 Å². The standard InChI is InChI=1S/C27H26N4O5/c1-27(21-12-14-22(15-13-21)31(35)36)25(33)30(26(34)29-27)18-24(32)28-17-16-23(19-8-4-2-5-9-19)20-10-6-3-7-11-20/h2-15,23H,16-18H2,1H3,(H,28,32)(H,29,34). The molecule has 3 aromatic carbocycles. The van der Waals surface area contributed by atoms with Gasteiger partial charge in [-0.15, -0.1) is 0 Å². The fraction of sp³-hybridized carbons (Fsp3) is 0.222. The van der Waals surface area contributed by atoms with Gasteiger partial charge >= 0.3 is 6.03 Å². The zero-order valence-corrected chi connectivity index (χ0v) is 19.7. The van der Waals surface area contributed by atoms with Crippen LogP contribution in [0.3, 0.4) is 0 Å². The number of nitro groups is 1. The van der Waals surface area contributed by atoms with Crippen LogP contribution in [0.15, 0.2) is 84.9 Å². The summed E-state index contributed by atoms with van der Waals surface area (Å²) in [6, 6.07) is 24.7. The van der Waals surface area contributed by atoms with E-state index >= 15 is 0 Å². The number of urea groups is 1. The number of hydrogen-bond donors (Lipinski definition) is 2. The van der Waals surface area contributed by atoms with Gasteiger partial charge in [-0.25, -0.2) is 4.79 Å². The molecule has 2 N–H and O–H groups in total. The topological polar surface area (TPSA) is 122 Å². The highest BCUT2D eigenvalue weighted by Gasteiger charge is 2.49. The number of imide groups is 1. The molecular weight excluding hydrogens is 460 g/mol. The highest BCUT2D eigenvalue weighted by molar-refractivity contribution is 6.09. The lowest BCUT2D eigenvalue weighted by molar-refractivity contribution is -0.384. The monoisotopic (exact) mass is 486 g/mol. The number of hydrogen-bond acceptors (Lipinski definition) is 5. The largest absolute Gasteiger partial charge is 0.355 e. The van der Waals surface area contributed by atoms with Gasteiger partial charge in [-0.2, -0.15) is 0 Å². The molecule has 1 aliphatic heterocycles. The van der Waals surface area contributed by atoms with E-state index in [2.05, 4.69) is 10.6 Å². The number of carbonyl (C=O) groups excluding carboxylic acids is 3. The van der Waals surface area contributed by atoms with Crippen LogP contribution in [0.2, 0.25) is 0 Å². The number of nitrogens with one attached hydrogen (secondary N) is 2. The first-order chi connectivity index (χ1) is 17.3. The Morgan fingerprint density at radius 1 is 0.972 bits per heavy atom. The van der Waals surface area contributed by atoms with Crippen LogP contribution in [0.1, 0.15) is 36.0 Å². The predicted molar refractivity (Wildman–Crippen MR) is 133 cm³/mol. The highest BCUT2D eigenvalue weighted by Crippen LogP contribution is 2.30. The molecule has 0 bridgehead atoms. The summed E-state index contributed by atoms with van der Waals surface area (Å²) in [7, 11) is 0. The van der Waals surface area contributed by atoms with Crippen LogP contribution >= 0.6 is 0 Å². The van der Waals surface area contributed by atoms with Crippen molar-refractivity contribution in [2.24, 2.45) is 0 Å². The van der Waals surface area contributed by atoms with Gasteiger partial charge in [0.1, 0.15) is 12.1 Å². The molecule has 0 aliphatic carbocycles. The molecular formula is C27H26N4O5. The van der Waals surface area contributed by atoms with Crippen LogP contribution in [0.5, 0.6) is 0 Å². The third-order valence-electron chi connectivity index (χ3n) is 6.39. The van der Waals surface area contributed by atoms with Crippen molar-refractivity contribution in [1.82, 2.24) is 15.5 Å². The van der Waals surface area contributed by atoms with E-state index < -0.39 is 34.9 Å². The molecule has 1 fully saturated rings. The lowest BCUT2D eigenvalue weighted by Crippen LogP contribution is -2.43. The van der Waals surface area contributed by atoms with Crippen LogP contribution in [0.25, 0.3) is 0 Å². The van der Waals surface area contributed by atoms with Gasteiger partial charge < -0.3 is 10.6 Å². The molecule has 9 nitrogen and oxygen atoms in total. The first-order valence-electron chi connectivity index (χ1n) is 11.6. The number of nitrogens with zero attached hydrogens (tertiary/aromatic N) is 2. The molecule has 0 radical (unpaired) electrons. The Hall–Kier alpha value is -4.53. The number of non-ortho nitro benzene ring substituents is 1. The smallest absolute Gasteiger partial charge is 0.325 e. The molecule has 0 saturated carbocycles. The fourth-order valence-corrected chi connectivity index (χ4v) is 4.40. The Kier molecular flexibility index (Phi) is 7.10. The van der Waals surface area contributed by atoms with Crippen LogP contribution < -0.4 is 10.6 Å². The van der Waals surface area contributed by atoms with Crippen molar-refractivity contribution in [2.75, 3.05) is 13.1 Å². The highest BCUT2D eigenvalue weighted by atomic mass is 16.6. The Morgan fingerprint density at radius 2 is 1.53 bits per heavy atom. The minimum Gasteiger partial charge on any atom is -0.355 e. The Bertz CT molecular complexity index is 1220. The zero-order chi connectivity index (χ0) is 25.7. The second-order valence-electron chi connectivity index (χ2n) is 8.76. The molecule has 4 amide bonds. The maximum absolute atomic E-state index is 13.1. The van der Waals surface area contributed by atoms with E-state index in [9.17, 15) is 24.5 Å². The van der Waals surface area contributed by atoms with Crippen molar-refractivity contribution in [3.63, 3.8) is 0 Å². The summed E-state index contributed by atoms with van der Waals surface area (Å²) in [5.41, 5.74) is 1.11. The van der Waals surface area contributed by atoms with E-state index in [1.54, 1.807) is 0 Å². The first-order valence-corrected chi connectivity index (χ1v) is 11.6. The molecule has 0 spiro atoms. The van der Waals surface area contributed by atoms with Crippen molar-refractivity contribution < 1.29 is 19.3 Å². The van der Waals surface area contributed by atoms with Crippen LogP contribution in [-0.4, -0.2) is 40.8 Å². The summed E-state index contributed by atoms with van der Waals surface area (Å²) in [6.45, 7) is 1.45. The van der Waals surface area contributed by atoms with Crippen molar-refractivity contribution in [3.8, 4) is 0 Å². The number of carbonyl (C=O) groups is 3. The summed E-state index contributed by atoms with van der Waals surface area (Å²) >= 11 is 0. The number of nitro benzene ring substituents is 1.